The molecule has 0 radical (unpaired) electrons. The Bertz CT molecular complexity index is 415. The number of aliphatic carboxylic acids is 1. The third kappa shape index (κ3) is 4.58. The molecule has 0 unspecified atom stereocenters. The molecule has 1 N–H and O–H groups in total. The molecule has 0 aliphatic rings. The Morgan fingerprint density at radius 3 is 2.58 bits per heavy atom. The van der Waals surface area contributed by atoms with E-state index in [1.165, 1.54) is 16.8 Å². The molecule has 0 amide bonds. The van der Waals surface area contributed by atoms with Crippen LogP contribution in [0.5, 0.6) is 0 Å². The lowest BCUT2D eigenvalue weighted by Crippen LogP contribution is -2.29. The van der Waals surface area contributed by atoms with Gasteiger partial charge in [0.25, 0.3) is 0 Å². The van der Waals surface area contributed by atoms with E-state index in [9.17, 15) is 4.79 Å². The number of anilines is 1. The van der Waals surface area contributed by atoms with Crippen molar-refractivity contribution >= 4 is 11.7 Å². The molecule has 0 aliphatic heterocycles. The van der Waals surface area contributed by atoms with Gasteiger partial charge in [-0.2, -0.15) is 0 Å². The molecule has 1 aromatic carbocycles. The summed E-state index contributed by atoms with van der Waals surface area (Å²) in [4.78, 5) is 13.1. The molecule has 1 rings (SSSR count). The van der Waals surface area contributed by atoms with Crippen LogP contribution in [-0.2, 0) is 11.2 Å². The van der Waals surface area contributed by atoms with Crippen molar-refractivity contribution in [2.45, 2.75) is 46.5 Å². The van der Waals surface area contributed by atoms with Gasteiger partial charge in [0.15, 0.2) is 0 Å². The summed E-state index contributed by atoms with van der Waals surface area (Å²) in [6.45, 7) is 7.93. The van der Waals surface area contributed by atoms with Gasteiger partial charge in [0.1, 0.15) is 0 Å². The predicted octanol–water partition coefficient (Wildman–Crippen LogP) is 3.64. The first kappa shape index (κ1) is 15.5. The fourth-order valence-electron chi connectivity index (χ4n) is 2.37. The summed E-state index contributed by atoms with van der Waals surface area (Å²) in [6, 6.07) is 6.32. The number of nitrogens with zero attached hydrogens (tertiary/aromatic N) is 1. The molecular weight excluding hydrogens is 238 g/mol. The van der Waals surface area contributed by atoms with Crippen molar-refractivity contribution in [3.05, 3.63) is 29.3 Å². The highest BCUT2D eigenvalue weighted by molar-refractivity contribution is 5.68. The van der Waals surface area contributed by atoms with Gasteiger partial charge in [-0.15, -0.1) is 0 Å². The zero-order chi connectivity index (χ0) is 14.3. The number of unbranched alkanes of at least 4 members (excludes halogenated alkanes) is 1. The Kier molecular flexibility index (Phi) is 6.40. The summed E-state index contributed by atoms with van der Waals surface area (Å²) in [7, 11) is 0. The summed E-state index contributed by atoms with van der Waals surface area (Å²) in [5.41, 5.74) is 3.78. The number of rotatable bonds is 8. The molecule has 0 saturated heterocycles. The third-order valence-electron chi connectivity index (χ3n) is 3.40. The Hall–Kier alpha value is -1.51. The van der Waals surface area contributed by atoms with Gasteiger partial charge in [-0.1, -0.05) is 38.5 Å². The summed E-state index contributed by atoms with van der Waals surface area (Å²) in [5.74, 6) is -0.729. The monoisotopic (exact) mass is 263 g/mol. The number of benzene rings is 1. The Morgan fingerprint density at radius 1 is 1.26 bits per heavy atom. The van der Waals surface area contributed by atoms with Gasteiger partial charge in [0, 0.05) is 18.8 Å². The summed E-state index contributed by atoms with van der Waals surface area (Å²) >= 11 is 0. The summed E-state index contributed by atoms with van der Waals surface area (Å²) in [5, 5.41) is 8.90. The van der Waals surface area contributed by atoms with Crippen LogP contribution >= 0.6 is 0 Å². The van der Waals surface area contributed by atoms with Crippen LogP contribution in [0, 0.1) is 6.92 Å². The Labute approximate surface area is 116 Å². The number of carbonyl (C=O) groups is 1. The van der Waals surface area contributed by atoms with Crippen LogP contribution in [-0.4, -0.2) is 24.2 Å². The van der Waals surface area contributed by atoms with Crippen LogP contribution in [0.4, 0.5) is 5.69 Å². The van der Waals surface area contributed by atoms with Crippen molar-refractivity contribution in [2.75, 3.05) is 18.0 Å². The van der Waals surface area contributed by atoms with Crippen LogP contribution in [0.2, 0.25) is 0 Å². The lowest BCUT2D eigenvalue weighted by Gasteiger charge is -2.28. The van der Waals surface area contributed by atoms with E-state index in [-0.39, 0.29) is 6.42 Å². The molecule has 0 heterocycles. The van der Waals surface area contributed by atoms with Gasteiger partial charge in [0.2, 0.25) is 0 Å². The largest absolute Gasteiger partial charge is 0.481 e. The maximum atomic E-state index is 10.8. The van der Waals surface area contributed by atoms with Crippen LogP contribution < -0.4 is 4.90 Å². The predicted molar refractivity (Wildman–Crippen MR) is 79.9 cm³/mol. The van der Waals surface area contributed by atoms with Gasteiger partial charge >= 0.3 is 5.97 Å². The van der Waals surface area contributed by atoms with E-state index in [2.05, 4.69) is 43.9 Å². The molecule has 3 nitrogen and oxygen atoms in total. The molecule has 1 aromatic rings. The van der Waals surface area contributed by atoms with Gasteiger partial charge in [-0.25, -0.2) is 0 Å². The van der Waals surface area contributed by atoms with Crippen molar-refractivity contribution in [1.82, 2.24) is 0 Å². The first-order chi connectivity index (χ1) is 9.10. The van der Waals surface area contributed by atoms with E-state index in [0.717, 1.165) is 25.8 Å². The van der Waals surface area contributed by atoms with E-state index in [1.54, 1.807) is 0 Å². The minimum absolute atomic E-state index is 0.196. The van der Waals surface area contributed by atoms with Gasteiger partial charge in [0.05, 0.1) is 6.42 Å². The summed E-state index contributed by atoms with van der Waals surface area (Å²) in [6.07, 6.45) is 3.39. The van der Waals surface area contributed by atoms with E-state index in [1.807, 2.05) is 0 Å². The number of aryl methyl sites for hydroxylation is 2. The van der Waals surface area contributed by atoms with Gasteiger partial charge < -0.3 is 10.0 Å². The van der Waals surface area contributed by atoms with Crippen molar-refractivity contribution in [2.24, 2.45) is 0 Å². The molecule has 0 aliphatic carbocycles. The van der Waals surface area contributed by atoms with E-state index in [0.29, 0.717) is 6.54 Å². The second-order valence-electron chi connectivity index (χ2n) is 4.92. The van der Waals surface area contributed by atoms with Crippen LogP contribution in [0.25, 0.3) is 0 Å². The molecule has 19 heavy (non-hydrogen) atoms. The minimum atomic E-state index is -0.729. The quantitative estimate of drug-likeness (QED) is 0.778. The van der Waals surface area contributed by atoms with Gasteiger partial charge in [-0.05, 0) is 30.9 Å². The molecule has 0 aromatic heterocycles. The lowest BCUT2D eigenvalue weighted by atomic mass is 10.0. The first-order valence-corrected chi connectivity index (χ1v) is 7.15. The normalized spacial score (nSPS) is 10.5. The highest BCUT2D eigenvalue weighted by atomic mass is 16.4. The second-order valence-corrected chi connectivity index (χ2v) is 4.92. The molecule has 0 fully saturated rings. The average Bonchev–Trinajstić information content (AvgIpc) is 2.39. The number of carboxylic acids is 1. The number of hydrogen-bond donors (Lipinski definition) is 1. The van der Waals surface area contributed by atoms with E-state index >= 15 is 0 Å². The zero-order valence-electron chi connectivity index (χ0n) is 12.3. The smallest absolute Gasteiger partial charge is 0.305 e. The third-order valence-corrected chi connectivity index (χ3v) is 3.40. The van der Waals surface area contributed by atoms with Crippen LogP contribution in [0.3, 0.4) is 0 Å². The fraction of sp³-hybridized carbons (Fsp3) is 0.562. The molecule has 0 atom stereocenters. The average molecular weight is 263 g/mol. The lowest BCUT2D eigenvalue weighted by molar-refractivity contribution is -0.136. The van der Waals surface area contributed by atoms with E-state index in [4.69, 9.17) is 5.11 Å². The van der Waals surface area contributed by atoms with Crippen LogP contribution in [0.15, 0.2) is 18.2 Å². The highest BCUT2D eigenvalue weighted by Crippen LogP contribution is 2.26. The van der Waals surface area contributed by atoms with Crippen molar-refractivity contribution in [1.29, 1.82) is 0 Å². The Morgan fingerprint density at radius 2 is 2.00 bits per heavy atom. The topological polar surface area (TPSA) is 40.5 Å². The van der Waals surface area contributed by atoms with Crippen molar-refractivity contribution < 1.29 is 9.90 Å². The fourth-order valence-corrected chi connectivity index (χ4v) is 2.37. The zero-order valence-corrected chi connectivity index (χ0v) is 12.3. The molecule has 3 heteroatoms. The number of para-hydroxylation sites is 1. The first-order valence-electron chi connectivity index (χ1n) is 7.15. The minimum Gasteiger partial charge on any atom is -0.481 e. The van der Waals surface area contributed by atoms with Gasteiger partial charge in [-0.3, -0.25) is 4.79 Å². The van der Waals surface area contributed by atoms with Crippen LogP contribution in [0.1, 0.15) is 44.2 Å². The Balaban J connectivity index is 2.97. The standard InChI is InChI=1S/C16H25NO2/c1-4-6-11-17(12-10-15(18)19)16-13(3)8-7-9-14(16)5-2/h7-9H,4-6,10-12H2,1-3H3,(H,18,19). The maximum Gasteiger partial charge on any atom is 0.305 e. The van der Waals surface area contributed by atoms with Crippen molar-refractivity contribution in [3.63, 3.8) is 0 Å². The molecule has 0 spiro atoms. The highest BCUT2D eigenvalue weighted by Gasteiger charge is 2.13. The maximum absolute atomic E-state index is 10.8. The summed E-state index contributed by atoms with van der Waals surface area (Å²) < 4.78 is 0. The number of hydrogen-bond acceptors (Lipinski definition) is 2. The SMILES string of the molecule is CCCCN(CCC(=O)O)c1c(C)cccc1CC. The molecule has 0 bridgehead atoms. The number of carboxylic acid groups (broad SMARTS) is 1. The molecule has 106 valence electrons. The molecule has 0 saturated carbocycles. The molecular formula is C16H25NO2. The van der Waals surface area contributed by atoms with Crippen molar-refractivity contribution in [3.8, 4) is 0 Å². The second kappa shape index (κ2) is 7.82. The van der Waals surface area contributed by atoms with E-state index < -0.39 is 5.97 Å².